The summed E-state index contributed by atoms with van der Waals surface area (Å²) in [6, 6.07) is 8.94. The molecule has 0 heterocycles. The Morgan fingerprint density at radius 1 is 1.42 bits per heavy atom. The van der Waals surface area contributed by atoms with Gasteiger partial charge in [-0.15, -0.1) is 0 Å². The average Bonchev–Trinajstić information content (AvgIpc) is 3.07. The number of ether oxygens (including phenoxy) is 1. The summed E-state index contributed by atoms with van der Waals surface area (Å²) in [5.41, 5.74) is 5.37. The summed E-state index contributed by atoms with van der Waals surface area (Å²) in [4.78, 5) is 0. The molecule has 0 aromatic heterocycles. The summed E-state index contributed by atoms with van der Waals surface area (Å²) >= 11 is 0. The van der Waals surface area contributed by atoms with Crippen LogP contribution in [0.15, 0.2) is 24.3 Å². The molecule has 6 heteroatoms. The summed E-state index contributed by atoms with van der Waals surface area (Å²) in [5.74, 6) is 0.206. The fourth-order valence-corrected chi connectivity index (χ4v) is 4.32. The molecule has 0 spiro atoms. The van der Waals surface area contributed by atoms with Gasteiger partial charge in [0, 0.05) is 11.7 Å². The van der Waals surface area contributed by atoms with Crippen LogP contribution in [0.2, 0.25) is 0 Å². The third-order valence-corrected chi connectivity index (χ3v) is 5.88. The molecule has 0 bridgehead atoms. The van der Waals surface area contributed by atoms with Crippen molar-refractivity contribution in [3.8, 4) is 11.8 Å². The summed E-state index contributed by atoms with van der Waals surface area (Å²) < 4.78 is 29.0. The van der Waals surface area contributed by atoms with Crippen molar-refractivity contribution in [3.63, 3.8) is 0 Å². The smallest absolute Gasteiger partial charge is 0.156 e. The van der Waals surface area contributed by atoms with Gasteiger partial charge < -0.3 is 10.5 Å². The van der Waals surface area contributed by atoms with Crippen LogP contribution in [-0.4, -0.2) is 32.1 Å². The molecule has 0 amide bonds. The third-order valence-electron chi connectivity index (χ3n) is 3.64. The van der Waals surface area contributed by atoms with Gasteiger partial charge in [-0.05, 0) is 17.7 Å². The second-order valence-electron chi connectivity index (χ2n) is 4.67. The fraction of sp³-hybridized carbons (Fsp3) is 0.462. The van der Waals surface area contributed by atoms with Gasteiger partial charge in [0.15, 0.2) is 9.84 Å². The van der Waals surface area contributed by atoms with Crippen LogP contribution in [0.3, 0.4) is 0 Å². The number of nitrogens with two attached hydrogens (primary N) is 1. The van der Waals surface area contributed by atoms with E-state index in [9.17, 15) is 8.42 Å². The molecular weight excluding hydrogens is 264 g/mol. The molecule has 0 aliphatic heterocycles. The zero-order chi connectivity index (χ0) is 14.3. The Morgan fingerprint density at radius 2 is 2.00 bits per heavy atom. The molecule has 1 aromatic rings. The van der Waals surface area contributed by atoms with Crippen LogP contribution in [0.25, 0.3) is 0 Å². The number of sulfone groups is 1. The van der Waals surface area contributed by atoms with Gasteiger partial charge in [0.1, 0.15) is 16.5 Å². The number of benzene rings is 1. The van der Waals surface area contributed by atoms with Crippen molar-refractivity contribution < 1.29 is 13.2 Å². The maximum Gasteiger partial charge on any atom is 0.156 e. The largest absolute Gasteiger partial charge is 0.497 e. The van der Waals surface area contributed by atoms with E-state index in [-0.39, 0.29) is 5.75 Å². The lowest BCUT2D eigenvalue weighted by molar-refractivity contribution is 0.414. The van der Waals surface area contributed by atoms with Crippen LogP contribution in [0, 0.1) is 11.3 Å². The van der Waals surface area contributed by atoms with Crippen molar-refractivity contribution in [1.29, 1.82) is 5.26 Å². The molecule has 2 rings (SSSR count). The molecule has 0 unspecified atom stereocenters. The van der Waals surface area contributed by atoms with Crippen molar-refractivity contribution in [1.82, 2.24) is 0 Å². The number of hydrogen-bond donors (Lipinski definition) is 1. The van der Waals surface area contributed by atoms with Gasteiger partial charge in [0.25, 0.3) is 0 Å². The minimum Gasteiger partial charge on any atom is -0.497 e. The van der Waals surface area contributed by atoms with Gasteiger partial charge in [-0.3, -0.25) is 0 Å². The van der Waals surface area contributed by atoms with Crippen molar-refractivity contribution in [3.05, 3.63) is 29.8 Å². The van der Waals surface area contributed by atoms with Crippen LogP contribution in [0.4, 0.5) is 0 Å². The van der Waals surface area contributed by atoms with Crippen LogP contribution < -0.4 is 10.5 Å². The maximum absolute atomic E-state index is 12.0. The van der Waals surface area contributed by atoms with Gasteiger partial charge in [-0.1, -0.05) is 19.1 Å². The SMILES string of the molecule is CCS(=O)(=O)[C@@H]1[C@H](c2ccc(OC)cc2)[C@@]1(N)C#N. The average molecular weight is 280 g/mol. The molecule has 0 saturated heterocycles. The zero-order valence-electron chi connectivity index (χ0n) is 10.8. The first kappa shape index (κ1) is 13.8. The summed E-state index contributed by atoms with van der Waals surface area (Å²) in [6.07, 6.45) is 0. The topological polar surface area (TPSA) is 93.2 Å². The van der Waals surface area contributed by atoms with Gasteiger partial charge >= 0.3 is 0 Å². The van der Waals surface area contributed by atoms with E-state index in [1.165, 1.54) is 0 Å². The Morgan fingerprint density at radius 3 is 2.42 bits per heavy atom. The molecule has 5 nitrogen and oxygen atoms in total. The Labute approximate surface area is 112 Å². The first-order chi connectivity index (χ1) is 8.90. The van der Waals surface area contributed by atoms with E-state index in [1.54, 1.807) is 38.3 Å². The highest BCUT2D eigenvalue weighted by atomic mass is 32.2. The Hall–Kier alpha value is -1.58. The van der Waals surface area contributed by atoms with E-state index in [1.807, 2.05) is 6.07 Å². The molecule has 0 radical (unpaired) electrons. The summed E-state index contributed by atoms with van der Waals surface area (Å²) in [5, 5.41) is 8.35. The standard InChI is InChI=1S/C13H16N2O3S/c1-3-19(16,17)12-11(13(12,15)8-14)9-4-6-10(18-2)7-5-9/h4-7,11-12H,3,15H2,1-2H3/t11-,12+,13-/m0/s1. The molecule has 19 heavy (non-hydrogen) atoms. The molecule has 102 valence electrons. The highest BCUT2D eigenvalue weighted by Gasteiger charge is 2.69. The Bertz CT molecular complexity index is 618. The first-order valence-electron chi connectivity index (χ1n) is 5.96. The highest BCUT2D eigenvalue weighted by Crippen LogP contribution is 2.54. The lowest BCUT2D eigenvalue weighted by atomic mass is 10.1. The van der Waals surface area contributed by atoms with E-state index >= 15 is 0 Å². The van der Waals surface area contributed by atoms with E-state index in [4.69, 9.17) is 15.7 Å². The Kier molecular flexibility index (Phi) is 3.29. The van der Waals surface area contributed by atoms with Gasteiger partial charge in [-0.2, -0.15) is 5.26 Å². The molecule has 1 aliphatic rings. The first-order valence-corrected chi connectivity index (χ1v) is 7.68. The number of methoxy groups -OCH3 is 1. The lowest BCUT2D eigenvalue weighted by Crippen LogP contribution is -2.29. The lowest BCUT2D eigenvalue weighted by Gasteiger charge is -2.03. The minimum atomic E-state index is -3.34. The second kappa shape index (κ2) is 4.51. The monoisotopic (exact) mass is 280 g/mol. The summed E-state index contributed by atoms with van der Waals surface area (Å²) in [6.45, 7) is 1.57. The van der Waals surface area contributed by atoms with E-state index in [2.05, 4.69) is 0 Å². The van der Waals surface area contributed by atoms with E-state index in [0.717, 1.165) is 5.56 Å². The molecule has 1 fully saturated rings. The number of rotatable bonds is 4. The van der Waals surface area contributed by atoms with Crippen molar-refractivity contribution in [2.75, 3.05) is 12.9 Å². The van der Waals surface area contributed by atoms with Crippen LogP contribution in [-0.2, 0) is 9.84 Å². The minimum absolute atomic E-state index is 0.00898. The maximum atomic E-state index is 12.0. The van der Waals surface area contributed by atoms with Crippen LogP contribution in [0.1, 0.15) is 18.4 Å². The molecule has 1 aromatic carbocycles. The van der Waals surface area contributed by atoms with Crippen LogP contribution in [0.5, 0.6) is 5.75 Å². The highest BCUT2D eigenvalue weighted by molar-refractivity contribution is 7.92. The fourth-order valence-electron chi connectivity index (χ4n) is 2.45. The molecular formula is C13H16N2O3S. The second-order valence-corrected chi connectivity index (χ2v) is 7.08. The number of nitrogens with zero attached hydrogens (tertiary/aromatic N) is 1. The van der Waals surface area contributed by atoms with E-state index < -0.39 is 26.5 Å². The van der Waals surface area contributed by atoms with Crippen molar-refractivity contribution in [2.24, 2.45) is 5.73 Å². The molecule has 1 aliphatic carbocycles. The Balaban J connectivity index is 2.37. The molecule has 2 N–H and O–H groups in total. The van der Waals surface area contributed by atoms with Crippen molar-refractivity contribution in [2.45, 2.75) is 23.6 Å². The number of nitriles is 1. The quantitative estimate of drug-likeness (QED) is 0.881. The number of hydrogen-bond acceptors (Lipinski definition) is 5. The van der Waals surface area contributed by atoms with Crippen molar-refractivity contribution >= 4 is 9.84 Å². The predicted molar refractivity (Wildman–Crippen MR) is 71.5 cm³/mol. The van der Waals surface area contributed by atoms with Gasteiger partial charge in [0.05, 0.1) is 13.2 Å². The predicted octanol–water partition coefficient (Wildman–Crippen LogP) is 0.817. The van der Waals surface area contributed by atoms with Gasteiger partial charge in [-0.25, -0.2) is 8.42 Å². The molecule has 1 saturated carbocycles. The van der Waals surface area contributed by atoms with E-state index in [0.29, 0.717) is 5.75 Å². The normalized spacial score (nSPS) is 29.6. The zero-order valence-corrected chi connectivity index (χ0v) is 11.6. The van der Waals surface area contributed by atoms with Crippen LogP contribution >= 0.6 is 0 Å². The molecule has 3 atom stereocenters. The van der Waals surface area contributed by atoms with Gasteiger partial charge in [0.2, 0.25) is 0 Å². The third kappa shape index (κ3) is 2.09. The summed E-state index contributed by atoms with van der Waals surface area (Å²) in [7, 11) is -1.78.